The van der Waals surface area contributed by atoms with E-state index in [1.165, 1.54) is 0 Å². The normalized spacial score (nSPS) is 15.9. The first kappa shape index (κ1) is 10.4. The lowest BCUT2D eigenvalue weighted by atomic mass is 10.1. The molecule has 0 aliphatic heterocycles. The maximum atomic E-state index is 9.08. The molecule has 11 heavy (non-hydrogen) atoms. The van der Waals surface area contributed by atoms with Gasteiger partial charge in [0.2, 0.25) is 0 Å². The van der Waals surface area contributed by atoms with Gasteiger partial charge in [0, 0.05) is 6.42 Å². The summed E-state index contributed by atoms with van der Waals surface area (Å²) in [7, 11) is 0. The van der Waals surface area contributed by atoms with Gasteiger partial charge >= 0.3 is 0 Å². The van der Waals surface area contributed by atoms with Crippen molar-refractivity contribution in [2.24, 2.45) is 5.73 Å². The van der Waals surface area contributed by atoms with Crippen LogP contribution in [0.15, 0.2) is 0 Å². The number of hydrogen-bond donors (Lipinski definition) is 4. The summed E-state index contributed by atoms with van der Waals surface area (Å²) in [6, 6.07) is 0. The van der Waals surface area contributed by atoms with Crippen molar-refractivity contribution >= 4 is 5.84 Å². The molecule has 0 saturated carbocycles. The highest BCUT2D eigenvalue weighted by Gasteiger charge is 2.09. The van der Waals surface area contributed by atoms with Crippen molar-refractivity contribution in [1.29, 1.82) is 5.41 Å². The van der Waals surface area contributed by atoms with Crippen LogP contribution in [0.1, 0.15) is 26.2 Å². The van der Waals surface area contributed by atoms with Gasteiger partial charge in [-0.05, 0) is 19.8 Å². The number of hydrogen-bond acceptors (Lipinski definition) is 3. The average Bonchev–Trinajstić information content (AvgIpc) is 1.86. The molecule has 0 aliphatic carbocycles. The van der Waals surface area contributed by atoms with Gasteiger partial charge in [-0.15, -0.1) is 0 Å². The van der Waals surface area contributed by atoms with Crippen molar-refractivity contribution < 1.29 is 10.2 Å². The van der Waals surface area contributed by atoms with E-state index < -0.39 is 12.2 Å². The topological polar surface area (TPSA) is 90.3 Å². The Morgan fingerprint density at radius 3 is 2.45 bits per heavy atom. The number of nitrogens with two attached hydrogens (primary N) is 1. The highest BCUT2D eigenvalue weighted by molar-refractivity contribution is 5.76. The maximum Gasteiger partial charge on any atom is 0.0905 e. The summed E-state index contributed by atoms with van der Waals surface area (Å²) in [5.74, 6) is 0.128. The second-order valence-corrected chi connectivity index (χ2v) is 2.73. The summed E-state index contributed by atoms with van der Waals surface area (Å²) < 4.78 is 0. The van der Waals surface area contributed by atoms with Crippen LogP contribution in [0.25, 0.3) is 0 Å². The van der Waals surface area contributed by atoms with Crippen molar-refractivity contribution in [2.45, 2.75) is 38.4 Å². The van der Waals surface area contributed by atoms with Crippen LogP contribution in [-0.4, -0.2) is 28.3 Å². The minimum atomic E-state index is -0.693. The fourth-order valence-electron chi connectivity index (χ4n) is 0.743. The molecule has 0 aromatic carbocycles. The van der Waals surface area contributed by atoms with Crippen LogP contribution in [0.3, 0.4) is 0 Å². The monoisotopic (exact) mass is 160 g/mol. The van der Waals surface area contributed by atoms with Crippen LogP contribution in [0.2, 0.25) is 0 Å². The van der Waals surface area contributed by atoms with Crippen LogP contribution in [0.5, 0.6) is 0 Å². The van der Waals surface area contributed by atoms with Crippen LogP contribution in [0.4, 0.5) is 0 Å². The Labute approximate surface area is 66.5 Å². The molecule has 0 aliphatic rings. The third kappa shape index (κ3) is 5.82. The fourth-order valence-corrected chi connectivity index (χ4v) is 0.743. The molecule has 0 aromatic rings. The fraction of sp³-hybridized carbons (Fsp3) is 0.857. The minimum Gasteiger partial charge on any atom is -0.391 e. The molecule has 4 nitrogen and oxygen atoms in total. The summed E-state index contributed by atoms with van der Waals surface area (Å²) in [5, 5.41) is 24.8. The molecule has 0 heterocycles. The van der Waals surface area contributed by atoms with Gasteiger partial charge in [0.05, 0.1) is 18.0 Å². The predicted molar refractivity (Wildman–Crippen MR) is 43.5 cm³/mol. The zero-order valence-electron chi connectivity index (χ0n) is 6.75. The van der Waals surface area contributed by atoms with Crippen LogP contribution in [0, 0.1) is 5.41 Å². The number of nitrogens with one attached hydrogen (secondary N) is 1. The Kier molecular flexibility index (Phi) is 4.81. The Morgan fingerprint density at radius 1 is 1.55 bits per heavy atom. The zero-order valence-corrected chi connectivity index (χ0v) is 6.75. The summed E-state index contributed by atoms with van der Waals surface area (Å²) in [6.07, 6.45) is 0.263. The van der Waals surface area contributed by atoms with Crippen molar-refractivity contribution in [3.63, 3.8) is 0 Å². The summed E-state index contributed by atoms with van der Waals surface area (Å²) in [4.78, 5) is 0. The summed E-state index contributed by atoms with van der Waals surface area (Å²) in [5.41, 5.74) is 5.09. The van der Waals surface area contributed by atoms with Gasteiger partial charge in [-0.2, -0.15) is 0 Å². The van der Waals surface area contributed by atoms with Gasteiger partial charge in [0.25, 0.3) is 0 Å². The Balaban J connectivity index is 3.31. The van der Waals surface area contributed by atoms with Gasteiger partial charge in [0.1, 0.15) is 0 Å². The van der Waals surface area contributed by atoms with E-state index in [0.717, 1.165) is 0 Å². The first-order valence-corrected chi connectivity index (χ1v) is 3.73. The Morgan fingerprint density at radius 2 is 2.09 bits per heavy atom. The van der Waals surface area contributed by atoms with Gasteiger partial charge in [-0.3, -0.25) is 5.41 Å². The lowest BCUT2D eigenvalue weighted by molar-refractivity contribution is 0.0254. The first-order valence-electron chi connectivity index (χ1n) is 3.73. The van der Waals surface area contributed by atoms with Crippen molar-refractivity contribution in [3.8, 4) is 0 Å². The van der Waals surface area contributed by atoms with Crippen LogP contribution >= 0.6 is 0 Å². The molecule has 0 rings (SSSR count). The predicted octanol–water partition coefficient (Wildman–Crippen LogP) is -0.166. The third-order valence-electron chi connectivity index (χ3n) is 1.50. The highest BCUT2D eigenvalue weighted by atomic mass is 16.3. The van der Waals surface area contributed by atoms with E-state index in [1.807, 2.05) is 0 Å². The van der Waals surface area contributed by atoms with Crippen molar-refractivity contribution in [3.05, 3.63) is 0 Å². The molecule has 0 fully saturated rings. The molecule has 2 unspecified atom stereocenters. The first-order chi connectivity index (χ1) is 5.04. The Hall–Kier alpha value is -0.610. The van der Waals surface area contributed by atoms with Crippen LogP contribution in [-0.2, 0) is 0 Å². The van der Waals surface area contributed by atoms with E-state index in [-0.39, 0.29) is 5.84 Å². The number of aliphatic hydroxyl groups excluding tert-OH is 2. The van der Waals surface area contributed by atoms with E-state index in [1.54, 1.807) is 6.92 Å². The zero-order chi connectivity index (χ0) is 8.85. The Bertz CT molecular complexity index is 126. The third-order valence-corrected chi connectivity index (χ3v) is 1.50. The second kappa shape index (κ2) is 5.09. The highest BCUT2D eigenvalue weighted by Crippen LogP contribution is 2.03. The molecule has 0 radical (unpaired) electrons. The smallest absolute Gasteiger partial charge is 0.0905 e. The lowest BCUT2D eigenvalue weighted by Crippen LogP contribution is -2.22. The molecule has 0 saturated heterocycles. The molecule has 66 valence electrons. The van der Waals surface area contributed by atoms with E-state index in [9.17, 15) is 0 Å². The van der Waals surface area contributed by atoms with E-state index in [2.05, 4.69) is 0 Å². The lowest BCUT2D eigenvalue weighted by Gasteiger charge is -2.12. The molecule has 0 amide bonds. The molecular formula is C7H16N2O2. The maximum absolute atomic E-state index is 9.08. The van der Waals surface area contributed by atoms with E-state index >= 15 is 0 Å². The van der Waals surface area contributed by atoms with Gasteiger partial charge in [-0.25, -0.2) is 0 Å². The molecule has 2 atom stereocenters. The van der Waals surface area contributed by atoms with Crippen molar-refractivity contribution in [2.75, 3.05) is 0 Å². The summed E-state index contributed by atoms with van der Waals surface area (Å²) >= 11 is 0. The minimum absolute atomic E-state index is 0.128. The molecule has 4 heteroatoms. The van der Waals surface area contributed by atoms with E-state index in [4.69, 9.17) is 21.4 Å². The second-order valence-electron chi connectivity index (χ2n) is 2.73. The van der Waals surface area contributed by atoms with Crippen LogP contribution < -0.4 is 5.73 Å². The van der Waals surface area contributed by atoms with E-state index in [0.29, 0.717) is 19.3 Å². The SMILES string of the molecule is CC(O)C(O)CCCC(=N)N. The summed E-state index contributed by atoms with van der Waals surface area (Å²) in [6.45, 7) is 1.54. The standard InChI is InChI=1S/C7H16N2O2/c1-5(10)6(11)3-2-4-7(8)9/h5-6,10-11H,2-4H2,1H3,(H3,8,9). The number of aliphatic hydroxyl groups is 2. The molecule has 0 bridgehead atoms. The van der Waals surface area contributed by atoms with Gasteiger partial charge < -0.3 is 15.9 Å². The molecule has 0 aromatic heterocycles. The largest absolute Gasteiger partial charge is 0.391 e. The molecule has 0 spiro atoms. The average molecular weight is 160 g/mol. The number of rotatable bonds is 5. The molecule has 5 N–H and O–H groups in total. The van der Waals surface area contributed by atoms with Gasteiger partial charge in [0.15, 0.2) is 0 Å². The molecular weight excluding hydrogens is 144 g/mol. The number of amidine groups is 1. The van der Waals surface area contributed by atoms with Crippen molar-refractivity contribution in [1.82, 2.24) is 0 Å². The quantitative estimate of drug-likeness (QED) is 0.332. The van der Waals surface area contributed by atoms with Gasteiger partial charge in [-0.1, -0.05) is 0 Å².